The van der Waals surface area contributed by atoms with Gasteiger partial charge in [-0.3, -0.25) is 19.7 Å². The van der Waals surface area contributed by atoms with Crippen LogP contribution in [0.25, 0.3) is 0 Å². The molecule has 2 aliphatic heterocycles. The Balaban J connectivity index is 1.49. The van der Waals surface area contributed by atoms with Crippen molar-refractivity contribution < 1.29 is 14.5 Å². The van der Waals surface area contributed by atoms with E-state index in [4.69, 9.17) is 0 Å². The number of piperidine rings is 1. The van der Waals surface area contributed by atoms with Gasteiger partial charge in [-0.1, -0.05) is 25.7 Å². The molecule has 4 aliphatic rings. The second-order valence-electron chi connectivity index (χ2n) is 9.39. The van der Waals surface area contributed by atoms with Crippen LogP contribution in [0.4, 0.5) is 17.1 Å². The van der Waals surface area contributed by atoms with Crippen molar-refractivity contribution in [1.29, 1.82) is 0 Å². The summed E-state index contributed by atoms with van der Waals surface area (Å²) < 4.78 is 0. The summed E-state index contributed by atoms with van der Waals surface area (Å²) in [5.41, 5.74) is 0.998. The van der Waals surface area contributed by atoms with Gasteiger partial charge < -0.3 is 4.90 Å². The van der Waals surface area contributed by atoms with Gasteiger partial charge in [0.1, 0.15) is 5.69 Å². The van der Waals surface area contributed by atoms with Gasteiger partial charge in [-0.25, -0.2) is 4.90 Å². The van der Waals surface area contributed by atoms with Crippen LogP contribution in [0.15, 0.2) is 18.2 Å². The molecule has 5 rings (SSSR count). The van der Waals surface area contributed by atoms with Crippen LogP contribution in [0.1, 0.15) is 64.2 Å². The minimum atomic E-state index is -0.358. The van der Waals surface area contributed by atoms with Crippen LogP contribution in [0.3, 0.4) is 0 Å². The van der Waals surface area contributed by atoms with Crippen LogP contribution in [-0.2, 0) is 9.59 Å². The molecule has 0 spiro atoms. The molecule has 7 nitrogen and oxygen atoms in total. The first kappa shape index (κ1) is 19.5. The van der Waals surface area contributed by atoms with E-state index in [0.717, 1.165) is 45.1 Å². The van der Waals surface area contributed by atoms with Gasteiger partial charge in [0.15, 0.2) is 0 Å². The molecule has 0 aromatic heterocycles. The topological polar surface area (TPSA) is 83.8 Å². The van der Waals surface area contributed by atoms with Gasteiger partial charge in [0.2, 0.25) is 11.8 Å². The van der Waals surface area contributed by atoms with Crippen LogP contribution in [0.2, 0.25) is 0 Å². The number of carbonyl (C=O) groups is 2. The van der Waals surface area contributed by atoms with Crippen LogP contribution >= 0.6 is 0 Å². The first-order valence-corrected chi connectivity index (χ1v) is 11.5. The average Bonchev–Trinajstić information content (AvgIpc) is 3.03. The number of carbonyl (C=O) groups excluding carboxylic acids is 2. The molecule has 1 aromatic carbocycles. The predicted octanol–water partition coefficient (Wildman–Crippen LogP) is 4.43. The first-order valence-electron chi connectivity index (χ1n) is 11.5. The zero-order valence-electron chi connectivity index (χ0n) is 17.3. The number of fused-ring (bicyclic) bond motifs is 2. The monoisotopic (exact) mass is 411 g/mol. The maximum Gasteiger partial charge on any atom is 0.294 e. The lowest BCUT2D eigenvalue weighted by Gasteiger charge is -2.45. The quantitative estimate of drug-likeness (QED) is 0.417. The molecule has 7 heteroatoms. The van der Waals surface area contributed by atoms with E-state index < -0.39 is 0 Å². The number of anilines is 2. The Bertz CT molecular complexity index is 859. The normalized spacial score (nSPS) is 31.5. The van der Waals surface area contributed by atoms with Crippen molar-refractivity contribution in [2.75, 3.05) is 16.3 Å². The number of benzene rings is 1. The molecule has 2 saturated heterocycles. The molecule has 0 radical (unpaired) electrons. The molecule has 2 heterocycles. The zero-order chi connectivity index (χ0) is 20.8. The largest absolute Gasteiger partial charge is 0.363 e. The van der Waals surface area contributed by atoms with Crippen LogP contribution in [-0.4, -0.2) is 29.3 Å². The highest BCUT2D eigenvalue weighted by Gasteiger charge is 2.49. The number of nitro groups is 1. The molecular weight excluding hydrogens is 382 g/mol. The van der Waals surface area contributed by atoms with Gasteiger partial charge in [0.05, 0.1) is 22.4 Å². The van der Waals surface area contributed by atoms with Crippen LogP contribution in [0.5, 0.6) is 0 Å². The lowest BCUT2D eigenvalue weighted by Crippen LogP contribution is -2.47. The van der Waals surface area contributed by atoms with Gasteiger partial charge >= 0.3 is 0 Å². The van der Waals surface area contributed by atoms with Crippen molar-refractivity contribution in [3.05, 3.63) is 28.3 Å². The SMILES string of the molecule is O=C1[C@H]2CCCC[C@H]2C(=O)N1c1ccc(N2CCC[C@@H]3CCCC[C@@H]32)c([N+](=O)[O-])c1. The smallest absolute Gasteiger partial charge is 0.294 e. The summed E-state index contributed by atoms with van der Waals surface area (Å²) in [7, 11) is 0. The third-order valence-electron chi connectivity index (χ3n) is 7.81. The van der Waals surface area contributed by atoms with Gasteiger partial charge in [0, 0.05) is 18.7 Å². The third kappa shape index (κ3) is 3.10. The molecule has 0 unspecified atom stereocenters. The summed E-state index contributed by atoms with van der Waals surface area (Å²) in [5.74, 6) is -0.268. The molecule has 4 atom stereocenters. The second-order valence-corrected chi connectivity index (χ2v) is 9.39. The maximum absolute atomic E-state index is 12.9. The Labute approximate surface area is 176 Å². The summed E-state index contributed by atoms with van der Waals surface area (Å²) in [6.07, 6.45) is 10.4. The molecule has 2 saturated carbocycles. The fourth-order valence-electron chi connectivity index (χ4n) is 6.38. The Kier molecular flexibility index (Phi) is 4.99. The number of imide groups is 1. The highest BCUT2D eigenvalue weighted by molar-refractivity contribution is 6.22. The number of hydrogen-bond donors (Lipinski definition) is 0. The van der Waals surface area contributed by atoms with Gasteiger partial charge in [-0.05, 0) is 56.6 Å². The summed E-state index contributed by atoms with van der Waals surface area (Å²) in [6.45, 7) is 0.826. The highest BCUT2D eigenvalue weighted by atomic mass is 16.6. The Morgan fingerprint density at radius 2 is 1.50 bits per heavy atom. The molecule has 30 heavy (non-hydrogen) atoms. The van der Waals surface area contributed by atoms with E-state index >= 15 is 0 Å². The Morgan fingerprint density at radius 3 is 2.20 bits per heavy atom. The average molecular weight is 412 g/mol. The fraction of sp³-hybridized carbons (Fsp3) is 0.652. The first-order chi connectivity index (χ1) is 14.6. The van der Waals surface area contributed by atoms with E-state index in [-0.39, 0.29) is 34.3 Å². The Hall–Kier alpha value is -2.44. The van der Waals surface area contributed by atoms with Crippen LogP contribution < -0.4 is 9.80 Å². The molecule has 2 amide bonds. The molecule has 160 valence electrons. The van der Waals surface area contributed by atoms with E-state index in [2.05, 4.69) is 4.90 Å². The molecule has 1 aromatic rings. The minimum Gasteiger partial charge on any atom is -0.363 e. The molecule has 0 bridgehead atoms. The lowest BCUT2D eigenvalue weighted by molar-refractivity contribution is -0.384. The van der Waals surface area contributed by atoms with Crippen molar-refractivity contribution >= 4 is 28.9 Å². The number of nitrogens with zero attached hydrogens (tertiary/aromatic N) is 3. The van der Waals surface area contributed by atoms with E-state index in [1.807, 2.05) is 0 Å². The van der Waals surface area contributed by atoms with Crippen molar-refractivity contribution in [3.63, 3.8) is 0 Å². The van der Waals surface area contributed by atoms with Crippen molar-refractivity contribution in [2.45, 2.75) is 70.3 Å². The summed E-state index contributed by atoms with van der Waals surface area (Å²) in [5, 5.41) is 12.0. The predicted molar refractivity (Wildman–Crippen MR) is 113 cm³/mol. The second kappa shape index (κ2) is 7.67. The number of amides is 2. The summed E-state index contributed by atoms with van der Waals surface area (Å²) in [4.78, 5) is 40.9. The lowest BCUT2D eigenvalue weighted by atomic mass is 9.78. The van der Waals surface area contributed by atoms with Gasteiger partial charge in [0.25, 0.3) is 5.69 Å². The highest BCUT2D eigenvalue weighted by Crippen LogP contribution is 2.44. The Morgan fingerprint density at radius 1 is 0.867 bits per heavy atom. The minimum absolute atomic E-state index is 0.00851. The molecule has 4 fully saturated rings. The maximum atomic E-state index is 12.9. The standard InChI is InChI=1S/C23H29N3O4/c27-22-17-8-2-3-9-18(17)23(28)25(22)16-11-12-20(21(14-16)26(29)30)24-13-5-7-15-6-1-4-10-19(15)24/h11-12,14-15,17-19H,1-10,13H2/t15-,17-,18+,19-/m0/s1. The third-order valence-corrected chi connectivity index (χ3v) is 7.81. The number of rotatable bonds is 3. The molecular formula is C23H29N3O4. The van der Waals surface area contributed by atoms with E-state index in [0.29, 0.717) is 23.3 Å². The number of hydrogen-bond acceptors (Lipinski definition) is 5. The van der Waals surface area contributed by atoms with Crippen LogP contribution in [0, 0.1) is 27.9 Å². The van der Waals surface area contributed by atoms with Gasteiger partial charge in [-0.2, -0.15) is 0 Å². The summed E-state index contributed by atoms with van der Waals surface area (Å²) >= 11 is 0. The van der Waals surface area contributed by atoms with E-state index in [1.54, 1.807) is 12.1 Å². The van der Waals surface area contributed by atoms with E-state index in [9.17, 15) is 19.7 Å². The number of nitro benzene ring substituents is 1. The van der Waals surface area contributed by atoms with E-state index in [1.165, 1.54) is 36.6 Å². The zero-order valence-corrected chi connectivity index (χ0v) is 17.3. The summed E-state index contributed by atoms with van der Waals surface area (Å²) in [6, 6.07) is 5.32. The van der Waals surface area contributed by atoms with Gasteiger partial charge in [-0.15, -0.1) is 0 Å². The van der Waals surface area contributed by atoms with Crippen molar-refractivity contribution in [2.24, 2.45) is 17.8 Å². The van der Waals surface area contributed by atoms with Crippen molar-refractivity contribution in [1.82, 2.24) is 0 Å². The van der Waals surface area contributed by atoms with Crippen molar-refractivity contribution in [3.8, 4) is 0 Å². The molecule has 0 N–H and O–H groups in total. The molecule has 2 aliphatic carbocycles. The fourth-order valence-corrected chi connectivity index (χ4v) is 6.38.